The Kier molecular flexibility index (Phi) is 6.07. The van der Waals surface area contributed by atoms with E-state index in [2.05, 4.69) is 22.3 Å². The molecule has 29 heavy (non-hydrogen) atoms. The summed E-state index contributed by atoms with van der Waals surface area (Å²) in [5.74, 6) is 0.505. The fraction of sp³-hybridized carbons (Fsp3) is 0.364. The van der Waals surface area contributed by atoms with E-state index in [9.17, 15) is 9.59 Å². The Morgan fingerprint density at radius 1 is 0.966 bits per heavy atom. The van der Waals surface area contributed by atoms with Crippen molar-refractivity contribution >= 4 is 17.5 Å². The maximum atomic E-state index is 12.4. The van der Waals surface area contributed by atoms with Gasteiger partial charge in [0.15, 0.2) is 6.61 Å². The first-order valence-corrected chi connectivity index (χ1v) is 9.85. The van der Waals surface area contributed by atoms with Crippen molar-refractivity contribution in [2.75, 3.05) is 44.8 Å². The lowest BCUT2D eigenvalue weighted by atomic mass is 10.1. The third-order valence-electron chi connectivity index (χ3n) is 5.14. The molecule has 0 saturated carbocycles. The summed E-state index contributed by atoms with van der Waals surface area (Å²) >= 11 is 0. The molecule has 1 saturated heterocycles. The number of anilines is 1. The summed E-state index contributed by atoms with van der Waals surface area (Å²) in [5, 5.41) is 2.91. The van der Waals surface area contributed by atoms with Gasteiger partial charge >= 0.3 is 0 Å². The lowest BCUT2D eigenvalue weighted by Gasteiger charge is -2.26. The molecule has 0 unspecified atom stereocenters. The molecule has 2 aliphatic heterocycles. The highest BCUT2D eigenvalue weighted by Crippen LogP contribution is 2.22. The fourth-order valence-corrected chi connectivity index (χ4v) is 3.60. The lowest BCUT2D eigenvalue weighted by molar-refractivity contribution is -0.137. The van der Waals surface area contributed by atoms with Crippen molar-refractivity contribution in [1.29, 1.82) is 0 Å². The minimum Gasteiger partial charge on any atom is -0.484 e. The van der Waals surface area contributed by atoms with Crippen LogP contribution in [0.25, 0.3) is 0 Å². The van der Waals surface area contributed by atoms with E-state index in [1.807, 2.05) is 12.1 Å². The standard InChI is InChI=1S/C22H25N3O4/c26-21(15-24-13-17-3-1-2-4-18(17)14-24)23-19-5-7-20(8-6-19)29-16-22(27)25-9-11-28-12-10-25/h1-8H,9-16H2,(H,23,26). The molecule has 0 bridgehead atoms. The molecule has 0 atom stereocenters. The van der Waals surface area contributed by atoms with Crippen LogP contribution in [0.5, 0.6) is 5.75 Å². The van der Waals surface area contributed by atoms with Crippen LogP contribution in [0.15, 0.2) is 48.5 Å². The van der Waals surface area contributed by atoms with Crippen LogP contribution in [0.2, 0.25) is 0 Å². The van der Waals surface area contributed by atoms with E-state index in [0.29, 0.717) is 44.3 Å². The number of rotatable bonds is 6. The van der Waals surface area contributed by atoms with Crippen LogP contribution in [0, 0.1) is 0 Å². The summed E-state index contributed by atoms with van der Waals surface area (Å²) in [6.45, 7) is 4.31. The van der Waals surface area contributed by atoms with Crippen LogP contribution < -0.4 is 10.1 Å². The van der Waals surface area contributed by atoms with Gasteiger partial charge in [-0.15, -0.1) is 0 Å². The first kappa shape index (κ1) is 19.4. The highest BCUT2D eigenvalue weighted by atomic mass is 16.5. The molecule has 2 aromatic carbocycles. The second kappa shape index (κ2) is 9.07. The molecule has 4 rings (SSSR count). The molecule has 0 aromatic heterocycles. The molecule has 1 N–H and O–H groups in total. The average molecular weight is 395 g/mol. The molecule has 0 radical (unpaired) electrons. The van der Waals surface area contributed by atoms with E-state index < -0.39 is 0 Å². The van der Waals surface area contributed by atoms with E-state index in [-0.39, 0.29) is 18.4 Å². The summed E-state index contributed by atoms with van der Waals surface area (Å²) < 4.78 is 10.8. The Balaban J connectivity index is 1.22. The number of nitrogens with one attached hydrogen (secondary N) is 1. The third kappa shape index (κ3) is 5.13. The van der Waals surface area contributed by atoms with Gasteiger partial charge in [-0.25, -0.2) is 0 Å². The predicted octanol–water partition coefficient (Wildman–Crippen LogP) is 1.88. The van der Waals surface area contributed by atoms with Crippen LogP contribution in [-0.2, 0) is 27.4 Å². The van der Waals surface area contributed by atoms with Crippen LogP contribution in [0.3, 0.4) is 0 Å². The normalized spacial score (nSPS) is 16.3. The van der Waals surface area contributed by atoms with Gasteiger partial charge in [-0.05, 0) is 35.4 Å². The number of morpholine rings is 1. The number of hydrogen-bond acceptors (Lipinski definition) is 5. The van der Waals surface area contributed by atoms with Gasteiger partial charge in [0.25, 0.3) is 5.91 Å². The van der Waals surface area contributed by atoms with Gasteiger partial charge in [-0.2, -0.15) is 0 Å². The average Bonchev–Trinajstić information content (AvgIpc) is 3.15. The number of benzene rings is 2. The fourth-order valence-electron chi connectivity index (χ4n) is 3.60. The summed E-state index contributed by atoms with van der Waals surface area (Å²) in [4.78, 5) is 28.3. The van der Waals surface area contributed by atoms with E-state index in [1.165, 1.54) is 11.1 Å². The van der Waals surface area contributed by atoms with Crippen molar-refractivity contribution in [2.45, 2.75) is 13.1 Å². The van der Waals surface area contributed by atoms with Gasteiger partial charge in [-0.3, -0.25) is 14.5 Å². The summed E-state index contributed by atoms with van der Waals surface area (Å²) in [6.07, 6.45) is 0. The molecule has 2 heterocycles. The Bertz CT molecular complexity index is 838. The van der Waals surface area contributed by atoms with Crippen molar-refractivity contribution < 1.29 is 19.1 Å². The summed E-state index contributed by atoms with van der Waals surface area (Å²) in [6, 6.07) is 15.4. The second-order valence-electron chi connectivity index (χ2n) is 7.27. The Labute approximate surface area is 170 Å². The zero-order chi connectivity index (χ0) is 20.1. The van der Waals surface area contributed by atoms with Gasteiger partial charge in [-0.1, -0.05) is 24.3 Å². The molecule has 7 nitrogen and oxygen atoms in total. The van der Waals surface area contributed by atoms with Crippen LogP contribution in [0.1, 0.15) is 11.1 Å². The van der Waals surface area contributed by atoms with Crippen molar-refractivity contribution in [2.24, 2.45) is 0 Å². The second-order valence-corrected chi connectivity index (χ2v) is 7.27. The van der Waals surface area contributed by atoms with Gasteiger partial charge < -0.3 is 19.7 Å². The summed E-state index contributed by atoms with van der Waals surface area (Å²) in [5.41, 5.74) is 3.28. The minimum absolute atomic E-state index is 0.00122. The van der Waals surface area contributed by atoms with Crippen LogP contribution >= 0.6 is 0 Å². The van der Waals surface area contributed by atoms with Crippen molar-refractivity contribution in [3.8, 4) is 5.75 Å². The number of ether oxygens (including phenoxy) is 2. The van der Waals surface area contributed by atoms with Crippen molar-refractivity contribution in [3.05, 3.63) is 59.7 Å². The number of nitrogens with zero attached hydrogens (tertiary/aromatic N) is 2. The lowest BCUT2D eigenvalue weighted by Crippen LogP contribution is -2.42. The number of fused-ring (bicyclic) bond motifs is 1. The Morgan fingerprint density at radius 2 is 1.62 bits per heavy atom. The highest BCUT2D eigenvalue weighted by Gasteiger charge is 2.20. The van der Waals surface area contributed by atoms with Crippen molar-refractivity contribution in [1.82, 2.24) is 9.80 Å². The zero-order valence-electron chi connectivity index (χ0n) is 16.3. The molecule has 0 spiro atoms. The molecule has 2 aromatic rings. The first-order chi connectivity index (χ1) is 14.2. The molecular formula is C22H25N3O4. The topological polar surface area (TPSA) is 71.1 Å². The molecule has 1 fully saturated rings. The largest absolute Gasteiger partial charge is 0.484 e. The van der Waals surface area contributed by atoms with Gasteiger partial charge in [0.05, 0.1) is 19.8 Å². The van der Waals surface area contributed by atoms with Crippen LogP contribution in [-0.4, -0.2) is 61.1 Å². The zero-order valence-corrected chi connectivity index (χ0v) is 16.3. The van der Waals surface area contributed by atoms with Crippen LogP contribution in [0.4, 0.5) is 5.69 Å². The Morgan fingerprint density at radius 3 is 2.28 bits per heavy atom. The number of carbonyl (C=O) groups excluding carboxylic acids is 2. The highest BCUT2D eigenvalue weighted by molar-refractivity contribution is 5.92. The van der Waals surface area contributed by atoms with Gasteiger partial charge in [0.2, 0.25) is 5.91 Å². The van der Waals surface area contributed by atoms with E-state index in [0.717, 1.165) is 13.1 Å². The molecule has 152 valence electrons. The minimum atomic E-state index is -0.0473. The third-order valence-corrected chi connectivity index (χ3v) is 5.14. The SMILES string of the molecule is O=C(CN1Cc2ccccc2C1)Nc1ccc(OCC(=O)N2CCOCC2)cc1. The quantitative estimate of drug-likeness (QED) is 0.809. The number of amides is 2. The molecular weight excluding hydrogens is 370 g/mol. The number of hydrogen-bond donors (Lipinski definition) is 1. The summed E-state index contributed by atoms with van der Waals surface area (Å²) in [7, 11) is 0. The molecule has 7 heteroatoms. The van der Waals surface area contributed by atoms with Gasteiger partial charge in [0, 0.05) is 31.9 Å². The predicted molar refractivity (Wildman–Crippen MR) is 109 cm³/mol. The number of carbonyl (C=O) groups is 2. The smallest absolute Gasteiger partial charge is 0.260 e. The molecule has 2 aliphatic rings. The maximum Gasteiger partial charge on any atom is 0.260 e. The molecule has 0 aliphatic carbocycles. The van der Waals surface area contributed by atoms with E-state index in [4.69, 9.17) is 9.47 Å². The van der Waals surface area contributed by atoms with Crippen molar-refractivity contribution in [3.63, 3.8) is 0 Å². The van der Waals surface area contributed by atoms with Gasteiger partial charge in [0.1, 0.15) is 5.75 Å². The maximum absolute atomic E-state index is 12.4. The monoisotopic (exact) mass is 395 g/mol. The van der Waals surface area contributed by atoms with E-state index >= 15 is 0 Å². The molecule has 2 amide bonds. The first-order valence-electron chi connectivity index (χ1n) is 9.85. The Hall–Kier alpha value is -2.90. The van der Waals surface area contributed by atoms with E-state index in [1.54, 1.807) is 29.2 Å².